The van der Waals surface area contributed by atoms with Gasteiger partial charge in [-0.3, -0.25) is 14.9 Å². The van der Waals surface area contributed by atoms with E-state index in [1.807, 2.05) is 0 Å². The number of carbonyl (C=O) groups excluding carboxylic acids is 2. The molecule has 3 aromatic rings. The lowest BCUT2D eigenvalue weighted by Gasteiger charge is -2.10. The highest BCUT2D eigenvalue weighted by Crippen LogP contribution is 2.27. The van der Waals surface area contributed by atoms with E-state index in [-0.39, 0.29) is 18.2 Å². The highest BCUT2D eigenvalue weighted by Gasteiger charge is 2.25. The monoisotopic (exact) mass is 401 g/mol. The van der Waals surface area contributed by atoms with E-state index in [4.69, 9.17) is 4.98 Å². The number of hydrogen-bond donors (Lipinski definition) is 2. The number of hydrogen-bond acceptors (Lipinski definition) is 5. The summed E-state index contributed by atoms with van der Waals surface area (Å²) in [4.78, 5) is 28.3. The van der Waals surface area contributed by atoms with Gasteiger partial charge in [0.1, 0.15) is 5.82 Å². The van der Waals surface area contributed by atoms with Crippen LogP contribution in [0.4, 0.5) is 5.82 Å². The lowest BCUT2D eigenvalue weighted by Crippen LogP contribution is -2.19. The number of aryl methyl sites for hydroxylation is 3. The number of nitrogens with zero attached hydrogens (tertiary/aromatic N) is 3. The fraction of sp³-hybridized carbons (Fsp3) is 0.304. The van der Waals surface area contributed by atoms with Gasteiger partial charge in [-0.1, -0.05) is 29.8 Å². The van der Waals surface area contributed by atoms with E-state index < -0.39 is 0 Å². The van der Waals surface area contributed by atoms with Crippen molar-refractivity contribution in [2.45, 2.75) is 45.1 Å². The van der Waals surface area contributed by atoms with E-state index in [0.717, 1.165) is 42.8 Å². The Balaban J connectivity index is 1.50. The van der Waals surface area contributed by atoms with E-state index in [9.17, 15) is 9.59 Å². The van der Waals surface area contributed by atoms with Gasteiger partial charge in [0, 0.05) is 28.9 Å². The Hall–Kier alpha value is -3.48. The van der Waals surface area contributed by atoms with E-state index in [2.05, 4.69) is 53.0 Å². The Bertz CT molecular complexity index is 1190. The third kappa shape index (κ3) is 3.83. The van der Waals surface area contributed by atoms with E-state index in [1.165, 1.54) is 11.1 Å². The maximum Gasteiger partial charge on any atom is 0.254 e. The number of fused-ring (bicyclic) bond motifs is 1. The molecule has 0 unspecified atom stereocenters. The zero-order chi connectivity index (χ0) is 20.7. The van der Waals surface area contributed by atoms with Crippen LogP contribution in [0.5, 0.6) is 0 Å². The first-order valence-electron chi connectivity index (χ1n) is 10.3. The van der Waals surface area contributed by atoms with Gasteiger partial charge in [0.15, 0.2) is 5.65 Å². The summed E-state index contributed by atoms with van der Waals surface area (Å²) >= 11 is 0. The van der Waals surface area contributed by atoms with Crippen molar-refractivity contribution in [3.8, 4) is 0 Å². The van der Waals surface area contributed by atoms with Crippen LogP contribution in [0.15, 0.2) is 42.1 Å². The molecule has 3 heterocycles. The Morgan fingerprint density at radius 2 is 2.10 bits per heavy atom. The van der Waals surface area contributed by atoms with Crippen molar-refractivity contribution in [1.82, 2.24) is 19.9 Å². The number of benzene rings is 1. The van der Waals surface area contributed by atoms with Gasteiger partial charge in [0.25, 0.3) is 5.91 Å². The topological polar surface area (TPSA) is 88.4 Å². The number of nitrogens with one attached hydrogen (secondary N) is 2. The molecule has 7 nitrogen and oxygen atoms in total. The van der Waals surface area contributed by atoms with Crippen molar-refractivity contribution in [3.05, 3.63) is 64.5 Å². The van der Waals surface area contributed by atoms with Crippen molar-refractivity contribution < 1.29 is 9.59 Å². The zero-order valence-corrected chi connectivity index (χ0v) is 16.8. The Morgan fingerprint density at radius 3 is 2.83 bits per heavy atom. The molecule has 1 saturated carbocycles. The third-order valence-electron chi connectivity index (χ3n) is 5.46. The van der Waals surface area contributed by atoms with Gasteiger partial charge >= 0.3 is 0 Å². The average molecular weight is 401 g/mol. The minimum atomic E-state index is -0.341. The van der Waals surface area contributed by atoms with Crippen LogP contribution in [0.25, 0.3) is 11.7 Å². The molecule has 1 aliphatic heterocycles. The first-order valence-corrected chi connectivity index (χ1v) is 10.3. The first-order chi connectivity index (χ1) is 14.5. The number of amides is 2. The highest BCUT2D eigenvalue weighted by molar-refractivity contribution is 6.15. The van der Waals surface area contributed by atoms with Crippen LogP contribution in [0.3, 0.4) is 0 Å². The smallest absolute Gasteiger partial charge is 0.254 e. The standard InChI is InChI=1S/C23H23N5O2/c1-14-3-2-4-15(9-14)5-6-19-12-20(25-18-7-8-18)28-22(26-19)17(13-24-28)10-16-11-21(29)27-23(16)30/h2-4,9-10,12-13,18,25H,5-8,11H2,1H3,(H,27,29,30)/b16-10+. The molecule has 2 fully saturated rings. The summed E-state index contributed by atoms with van der Waals surface area (Å²) in [6, 6.07) is 11.1. The molecule has 0 bridgehead atoms. The van der Waals surface area contributed by atoms with Gasteiger partial charge in [0.2, 0.25) is 5.91 Å². The van der Waals surface area contributed by atoms with Gasteiger partial charge < -0.3 is 5.32 Å². The summed E-state index contributed by atoms with van der Waals surface area (Å²) in [6.07, 6.45) is 7.53. The Kier molecular flexibility index (Phi) is 4.58. The largest absolute Gasteiger partial charge is 0.367 e. The van der Waals surface area contributed by atoms with E-state index in [1.54, 1.807) is 16.8 Å². The molecule has 0 atom stereocenters. The quantitative estimate of drug-likeness (QED) is 0.490. The molecule has 2 amide bonds. The normalized spacial score (nSPS) is 17.7. The zero-order valence-electron chi connectivity index (χ0n) is 16.8. The predicted octanol–water partition coefficient (Wildman–Crippen LogP) is 2.83. The van der Waals surface area contributed by atoms with E-state index >= 15 is 0 Å². The number of rotatable bonds is 6. The number of carbonyl (C=O) groups is 2. The molecule has 1 aromatic carbocycles. The van der Waals surface area contributed by atoms with Crippen molar-refractivity contribution in [2.75, 3.05) is 5.32 Å². The SMILES string of the molecule is Cc1cccc(CCc2cc(NC3CC3)n3ncc(/C=C4\CC(=O)NC4=O)c3n2)c1. The van der Waals surface area contributed by atoms with Crippen molar-refractivity contribution >= 4 is 29.4 Å². The van der Waals surface area contributed by atoms with Gasteiger partial charge in [0.05, 0.1) is 12.6 Å². The molecule has 2 aromatic heterocycles. The summed E-state index contributed by atoms with van der Waals surface area (Å²) < 4.78 is 1.79. The van der Waals surface area contributed by atoms with Crippen LogP contribution in [0.2, 0.25) is 0 Å². The molecule has 5 rings (SSSR count). The molecule has 152 valence electrons. The van der Waals surface area contributed by atoms with Crippen molar-refractivity contribution in [3.63, 3.8) is 0 Å². The van der Waals surface area contributed by atoms with Crippen LogP contribution in [-0.2, 0) is 22.4 Å². The van der Waals surface area contributed by atoms with Gasteiger partial charge in [-0.2, -0.15) is 9.61 Å². The summed E-state index contributed by atoms with van der Waals surface area (Å²) in [6.45, 7) is 2.10. The lowest BCUT2D eigenvalue weighted by atomic mass is 10.1. The molecule has 30 heavy (non-hydrogen) atoms. The second kappa shape index (κ2) is 7.40. The first kappa shape index (κ1) is 18.5. The second-order valence-corrected chi connectivity index (χ2v) is 8.10. The molecule has 1 saturated heterocycles. The summed E-state index contributed by atoms with van der Waals surface area (Å²) in [5, 5.41) is 10.3. The van der Waals surface area contributed by atoms with Gasteiger partial charge in [-0.05, 0) is 44.2 Å². The number of aromatic nitrogens is 3. The minimum absolute atomic E-state index is 0.0937. The molecular weight excluding hydrogens is 378 g/mol. The highest BCUT2D eigenvalue weighted by atomic mass is 16.2. The van der Waals surface area contributed by atoms with Crippen LogP contribution in [0, 0.1) is 6.92 Å². The fourth-order valence-corrected chi connectivity index (χ4v) is 3.75. The van der Waals surface area contributed by atoms with E-state index in [0.29, 0.717) is 17.3 Å². The fourth-order valence-electron chi connectivity index (χ4n) is 3.75. The molecule has 0 spiro atoms. The average Bonchev–Trinajstić information content (AvgIpc) is 3.35. The molecular formula is C23H23N5O2. The van der Waals surface area contributed by atoms with Crippen LogP contribution < -0.4 is 10.6 Å². The lowest BCUT2D eigenvalue weighted by molar-refractivity contribution is -0.124. The Labute approximate surface area is 174 Å². The maximum absolute atomic E-state index is 12.0. The third-order valence-corrected chi connectivity index (χ3v) is 5.46. The molecule has 7 heteroatoms. The molecule has 2 N–H and O–H groups in total. The second-order valence-electron chi connectivity index (χ2n) is 8.10. The van der Waals surface area contributed by atoms with Crippen molar-refractivity contribution in [1.29, 1.82) is 0 Å². The Morgan fingerprint density at radius 1 is 1.23 bits per heavy atom. The van der Waals surface area contributed by atoms with Crippen LogP contribution in [-0.4, -0.2) is 32.5 Å². The minimum Gasteiger partial charge on any atom is -0.367 e. The van der Waals surface area contributed by atoms with Crippen molar-refractivity contribution in [2.24, 2.45) is 0 Å². The summed E-state index contributed by atoms with van der Waals surface area (Å²) in [5.74, 6) is 0.301. The van der Waals surface area contributed by atoms with Gasteiger partial charge in [-0.15, -0.1) is 0 Å². The maximum atomic E-state index is 12.0. The molecule has 2 aliphatic rings. The van der Waals surface area contributed by atoms with Gasteiger partial charge in [-0.25, -0.2) is 4.98 Å². The molecule has 1 aliphatic carbocycles. The number of imide groups is 1. The molecule has 0 radical (unpaired) electrons. The van der Waals surface area contributed by atoms with Crippen LogP contribution >= 0.6 is 0 Å². The van der Waals surface area contributed by atoms with Crippen LogP contribution in [0.1, 0.15) is 41.6 Å². The number of anilines is 1. The predicted molar refractivity (Wildman–Crippen MR) is 114 cm³/mol. The summed E-state index contributed by atoms with van der Waals surface area (Å²) in [7, 11) is 0. The summed E-state index contributed by atoms with van der Waals surface area (Å²) in [5.41, 5.74) is 5.38.